The highest BCUT2D eigenvalue weighted by Gasteiger charge is 2.09. The molecule has 1 amide bonds. The molecule has 2 aromatic rings. The monoisotopic (exact) mass is 338 g/mol. The van der Waals surface area contributed by atoms with E-state index in [0.29, 0.717) is 24.4 Å². The second-order valence-electron chi connectivity index (χ2n) is 4.85. The average Bonchev–Trinajstić information content (AvgIpc) is 2.93. The minimum atomic E-state index is -3.17. The zero-order valence-electron chi connectivity index (χ0n) is 12.2. The van der Waals surface area contributed by atoms with Gasteiger partial charge in [-0.2, -0.15) is 0 Å². The maximum atomic E-state index is 12.1. The molecule has 1 aromatic heterocycles. The van der Waals surface area contributed by atoms with Crippen LogP contribution in [0.15, 0.2) is 42.5 Å². The lowest BCUT2D eigenvalue weighted by Gasteiger charge is -2.03. The van der Waals surface area contributed by atoms with Crippen LogP contribution in [-0.4, -0.2) is 27.1 Å². The van der Waals surface area contributed by atoms with E-state index in [-0.39, 0.29) is 5.91 Å². The predicted octanol–water partition coefficient (Wildman–Crippen LogP) is 1.77. The summed E-state index contributed by atoms with van der Waals surface area (Å²) in [5, 5.41) is 2.87. The Bertz CT molecular complexity index is 724. The minimum absolute atomic E-state index is 0.115. The Morgan fingerprint density at radius 2 is 1.86 bits per heavy atom. The van der Waals surface area contributed by atoms with Crippen molar-refractivity contribution in [2.75, 3.05) is 12.8 Å². The number of carbonyl (C=O) groups excluding carboxylic acids is 1. The van der Waals surface area contributed by atoms with Crippen molar-refractivity contribution in [3.8, 4) is 0 Å². The molecule has 0 aliphatic carbocycles. The predicted molar refractivity (Wildman–Crippen MR) is 88.5 cm³/mol. The number of nitrogens with one attached hydrogen (secondary N) is 2. The molecule has 0 radical (unpaired) electrons. The molecule has 0 atom stereocenters. The van der Waals surface area contributed by atoms with Crippen LogP contribution in [0.5, 0.6) is 0 Å². The second kappa shape index (κ2) is 7.53. The SMILES string of the molecule is CS(=O)(=O)NCCc1ccc(C(=O)NCc2ccccc2)s1. The largest absolute Gasteiger partial charge is 0.347 e. The van der Waals surface area contributed by atoms with Crippen LogP contribution in [-0.2, 0) is 23.0 Å². The van der Waals surface area contributed by atoms with Crippen LogP contribution in [0.3, 0.4) is 0 Å². The van der Waals surface area contributed by atoms with E-state index in [1.165, 1.54) is 11.3 Å². The molecule has 0 saturated carbocycles. The van der Waals surface area contributed by atoms with Crippen molar-refractivity contribution in [1.82, 2.24) is 10.0 Å². The van der Waals surface area contributed by atoms with Gasteiger partial charge in [0.05, 0.1) is 11.1 Å². The zero-order valence-corrected chi connectivity index (χ0v) is 13.8. The maximum absolute atomic E-state index is 12.1. The summed E-state index contributed by atoms with van der Waals surface area (Å²) >= 11 is 1.38. The highest BCUT2D eigenvalue weighted by Crippen LogP contribution is 2.17. The van der Waals surface area contributed by atoms with Gasteiger partial charge in [0, 0.05) is 18.0 Å². The Morgan fingerprint density at radius 1 is 1.14 bits per heavy atom. The van der Waals surface area contributed by atoms with Crippen LogP contribution in [0, 0.1) is 0 Å². The molecule has 1 aromatic carbocycles. The van der Waals surface area contributed by atoms with Crippen molar-refractivity contribution in [1.29, 1.82) is 0 Å². The lowest BCUT2D eigenvalue weighted by Crippen LogP contribution is -2.24. The topological polar surface area (TPSA) is 75.3 Å². The molecule has 0 spiro atoms. The van der Waals surface area contributed by atoms with Crippen molar-refractivity contribution in [2.24, 2.45) is 0 Å². The number of benzene rings is 1. The highest BCUT2D eigenvalue weighted by atomic mass is 32.2. The molecule has 0 saturated heterocycles. The van der Waals surface area contributed by atoms with Gasteiger partial charge in [0.25, 0.3) is 5.91 Å². The quantitative estimate of drug-likeness (QED) is 0.808. The lowest BCUT2D eigenvalue weighted by atomic mass is 10.2. The van der Waals surface area contributed by atoms with Crippen LogP contribution >= 0.6 is 11.3 Å². The maximum Gasteiger partial charge on any atom is 0.261 e. The fraction of sp³-hybridized carbons (Fsp3) is 0.267. The lowest BCUT2D eigenvalue weighted by molar-refractivity contribution is 0.0955. The van der Waals surface area contributed by atoms with E-state index in [4.69, 9.17) is 0 Å². The van der Waals surface area contributed by atoms with Gasteiger partial charge in [-0.25, -0.2) is 13.1 Å². The highest BCUT2D eigenvalue weighted by molar-refractivity contribution is 7.88. The van der Waals surface area contributed by atoms with E-state index in [2.05, 4.69) is 10.0 Å². The molecule has 0 aliphatic heterocycles. The summed E-state index contributed by atoms with van der Waals surface area (Å²) in [6.07, 6.45) is 1.70. The third-order valence-corrected chi connectivity index (χ3v) is 4.79. The fourth-order valence-corrected chi connectivity index (χ4v) is 3.26. The van der Waals surface area contributed by atoms with Gasteiger partial charge >= 0.3 is 0 Å². The number of thiophene rings is 1. The van der Waals surface area contributed by atoms with E-state index in [1.807, 2.05) is 36.4 Å². The van der Waals surface area contributed by atoms with Gasteiger partial charge in [0.1, 0.15) is 0 Å². The van der Waals surface area contributed by atoms with Crippen LogP contribution in [0.2, 0.25) is 0 Å². The molecule has 118 valence electrons. The fourth-order valence-electron chi connectivity index (χ4n) is 1.86. The van der Waals surface area contributed by atoms with E-state index in [1.54, 1.807) is 6.07 Å². The summed E-state index contributed by atoms with van der Waals surface area (Å²) in [5.41, 5.74) is 1.05. The molecule has 0 fully saturated rings. The van der Waals surface area contributed by atoms with E-state index in [9.17, 15) is 13.2 Å². The van der Waals surface area contributed by atoms with Gasteiger partial charge in [-0.1, -0.05) is 30.3 Å². The Morgan fingerprint density at radius 3 is 2.55 bits per heavy atom. The standard InChI is InChI=1S/C15H18N2O3S2/c1-22(19,20)17-10-9-13-7-8-14(21-13)15(18)16-11-12-5-3-2-4-6-12/h2-8,17H,9-11H2,1H3,(H,16,18). The summed E-state index contributed by atoms with van der Waals surface area (Å²) < 4.78 is 24.4. The first kappa shape index (κ1) is 16.7. The molecule has 7 heteroatoms. The molecule has 1 heterocycles. The smallest absolute Gasteiger partial charge is 0.261 e. The van der Waals surface area contributed by atoms with Gasteiger partial charge in [0.2, 0.25) is 10.0 Å². The second-order valence-corrected chi connectivity index (χ2v) is 7.85. The summed E-state index contributed by atoms with van der Waals surface area (Å²) in [5.74, 6) is -0.115. The van der Waals surface area contributed by atoms with Crippen molar-refractivity contribution in [3.05, 3.63) is 57.8 Å². The zero-order chi connectivity index (χ0) is 16.0. The Balaban J connectivity index is 1.84. The molecule has 0 unspecified atom stereocenters. The van der Waals surface area contributed by atoms with Gasteiger partial charge in [0.15, 0.2) is 0 Å². The van der Waals surface area contributed by atoms with Crippen LogP contribution in [0.1, 0.15) is 20.1 Å². The molecule has 0 bridgehead atoms. The average molecular weight is 338 g/mol. The molecule has 0 aliphatic rings. The Kier molecular flexibility index (Phi) is 5.70. The van der Waals surface area contributed by atoms with Gasteiger partial charge in [-0.3, -0.25) is 4.79 Å². The first-order chi connectivity index (χ1) is 10.4. The third-order valence-electron chi connectivity index (χ3n) is 2.92. The molecule has 5 nitrogen and oxygen atoms in total. The van der Waals surface area contributed by atoms with E-state index >= 15 is 0 Å². The number of hydrogen-bond donors (Lipinski definition) is 2. The van der Waals surface area contributed by atoms with Crippen molar-refractivity contribution < 1.29 is 13.2 Å². The van der Waals surface area contributed by atoms with Gasteiger partial charge in [-0.15, -0.1) is 11.3 Å². The number of carbonyl (C=O) groups is 1. The number of amides is 1. The van der Waals surface area contributed by atoms with Crippen LogP contribution < -0.4 is 10.0 Å². The Hall–Kier alpha value is -1.70. The van der Waals surface area contributed by atoms with E-state index in [0.717, 1.165) is 16.7 Å². The molecule has 22 heavy (non-hydrogen) atoms. The number of sulfonamides is 1. The van der Waals surface area contributed by atoms with Gasteiger partial charge < -0.3 is 5.32 Å². The summed E-state index contributed by atoms with van der Waals surface area (Å²) in [7, 11) is -3.17. The summed E-state index contributed by atoms with van der Waals surface area (Å²) in [4.78, 5) is 13.7. The molecular formula is C15H18N2O3S2. The normalized spacial score (nSPS) is 11.3. The third kappa shape index (κ3) is 5.59. The molecule has 2 rings (SSSR count). The number of hydrogen-bond acceptors (Lipinski definition) is 4. The van der Waals surface area contributed by atoms with Crippen molar-refractivity contribution >= 4 is 27.3 Å². The first-order valence-corrected chi connectivity index (χ1v) is 9.50. The van der Waals surface area contributed by atoms with Crippen LogP contribution in [0.4, 0.5) is 0 Å². The molecular weight excluding hydrogens is 320 g/mol. The van der Waals surface area contributed by atoms with E-state index < -0.39 is 10.0 Å². The van der Waals surface area contributed by atoms with Crippen LogP contribution in [0.25, 0.3) is 0 Å². The van der Waals surface area contributed by atoms with Crippen molar-refractivity contribution in [3.63, 3.8) is 0 Å². The molecule has 2 N–H and O–H groups in total. The van der Waals surface area contributed by atoms with Gasteiger partial charge in [-0.05, 0) is 24.1 Å². The summed E-state index contributed by atoms with van der Waals surface area (Å²) in [6.45, 7) is 0.826. The van der Waals surface area contributed by atoms with Crippen molar-refractivity contribution in [2.45, 2.75) is 13.0 Å². The number of rotatable bonds is 7. The Labute approximate surface area is 134 Å². The first-order valence-electron chi connectivity index (χ1n) is 6.79. The summed E-state index contributed by atoms with van der Waals surface area (Å²) in [6, 6.07) is 13.3. The minimum Gasteiger partial charge on any atom is -0.347 e.